The number of hydrogen-bond acceptors (Lipinski definition) is 6. The summed E-state index contributed by atoms with van der Waals surface area (Å²) in [5.74, 6) is -0.166. The number of nitrogens with zero attached hydrogens (tertiary/aromatic N) is 2. The van der Waals surface area contributed by atoms with Crippen LogP contribution >= 0.6 is 11.3 Å². The van der Waals surface area contributed by atoms with Gasteiger partial charge in [0, 0.05) is 48.4 Å². The molecular formula is C23H25N5O3S. The van der Waals surface area contributed by atoms with Crippen LogP contribution in [-0.2, 0) is 9.53 Å². The summed E-state index contributed by atoms with van der Waals surface area (Å²) in [5.41, 5.74) is 3.32. The number of para-hydroxylation sites is 1. The van der Waals surface area contributed by atoms with Crippen molar-refractivity contribution in [1.29, 1.82) is 0 Å². The highest BCUT2D eigenvalue weighted by atomic mass is 32.1. The second kappa shape index (κ2) is 10.7. The standard InChI is InChI=1S/C23H25N5O3S/c29-21(10-11-24-22(30)26-18-4-2-1-3-5-18)25-19-8-6-17(7-9-19)20-16-32-23(27-20)28-12-14-31-15-13-28/h1-9,16H,10-15H2,(H,25,29)(H2,24,26,30). The molecule has 166 valence electrons. The molecule has 8 nitrogen and oxygen atoms in total. The number of thiazole rings is 1. The molecule has 0 bridgehead atoms. The predicted octanol–water partition coefficient (Wildman–Crippen LogP) is 3.80. The molecule has 1 aliphatic rings. The zero-order valence-corrected chi connectivity index (χ0v) is 18.4. The number of benzene rings is 2. The zero-order chi connectivity index (χ0) is 22.2. The largest absolute Gasteiger partial charge is 0.378 e. The Labute approximate surface area is 190 Å². The quantitative estimate of drug-likeness (QED) is 0.508. The molecular weight excluding hydrogens is 426 g/mol. The Morgan fingerprint density at radius 1 is 0.969 bits per heavy atom. The van der Waals surface area contributed by atoms with Crippen LogP contribution in [0.15, 0.2) is 60.0 Å². The maximum absolute atomic E-state index is 12.2. The summed E-state index contributed by atoms with van der Waals surface area (Å²) in [6.45, 7) is 3.43. The normalized spacial score (nSPS) is 13.4. The van der Waals surface area contributed by atoms with Crippen molar-refractivity contribution in [3.8, 4) is 11.3 Å². The summed E-state index contributed by atoms with van der Waals surface area (Å²) in [5, 5.41) is 11.3. The number of rotatable bonds is 7. The third-order valence-electron chi connectivity index (χ3n) is 4.91. The molecule has 3 aromatic rings. The number of morpholine rings is 1. The van der Waals surface area contributed by atoms with E-state index in [1.54, 1.807) is 23.5 Å². The van der Waals surface area contributed by atoms with E-state index in [-0.39, 0.29) is 24.9 Å². The van der Waals surface area contributed by atoms with Crippen molar-refractivity contribution in [3.05, 3.63) is 60.0 Å². The van der Waals surface area contributed by atoms with Crippen LogP contribution in [0.25, 0.3) is 11.3 Å². The highest BCUT2D eigenvalue weighted by Crippen LogP contribution is 2.28. The lowest BCUT2D eigenvalue weighted by Gasteiger charge is -2.26. The number of amides is 3. The van der Waals surface area contributed by atoms with E-state index < -0.39 is 0 Å². The van der Waals surface area contributed by atoms with Crippen LogP contribution in [0.4, 0.5) is 21.3 Å². The van der Waals surface area contributed by atoms with E-state index in [9.17, 15) is 9.59 Å². The van der Waals surface area contributed by atoms with Crippen molar-refractivity contribution in [2.45, 2.75) is 6.42 Å². The van der Waals surface area contributed by atoms with Gasteiger partial charge in [0.2, 0.25) is 5.91 Å². The summed E-state index contributed by atoms with van der Waals surface area (Å²) in [4.78, 5) is 31.0. The Morgan fingerprint density at radius 3 is 2.44 bits per heavy atom. The van der Waals surface area contributed by atoms with Gasteiger partial charge in [-0.1, -0.05) is 30.3 Å². The second-order valence-corrected chi connectivity index (χ2v) is 8.07. The Bertz CT molecular complexity index is 1030. The molecule has 32 heavy (non-hydrogen) atoms. The van der Waals surface area contributed by atoms with Gasteiger partial charge < -0.3 is 25.6 Å². The van der Waals surface area contributed by atoms with Crippen LogP contribution in [0.3, 0.4) is 0 Å². The van der Waals surface area contributed by atoms with Gasteiger partial charge >= 0.3 is 6.03 Å². The smallest absolute Gasteiger partial charge is 0.319 e. The number of carbonyl (C=O) groups is 2. The Morgan fingerprint density at radius 2 is 1.69 bits per heavy atom. The predicted molar refractivity (Wildman–Crippen MR) is 127 cm³/mol. The molecule has 3 N–H and O–H groups in total. The van der Waals surface area contributed by atoms with Crippen LogP contribution in [0.5, 0.6) is 0 Å². The highest BCUT2D eigenvalue weighted by Gasteiger charge is 2.15. The average molecular weight is 452 g/mol. The zero-order valence-electron chi connectivity index (χ0n) is 17.5. The van der Waals surface area contributed by atoms with Crippen molar-refractivity contribution in [2.24, 2.45) is 0 Å². The van der Waals surface area contributed by atoms with Crippen molar-refractivity contribution in [3.63, 3.8) is 0 Å². The highest BCUT2D eigenvalue weighted by molar-refractivity contribution is 7.14. The molecule has 0 saturated carbocycles. The molecule has 0 radical (unpaired) electrons. The lowest BCUT2D eigenvalue weighted by molar-refractivity contribution is -0.116. The van der Waals surface area contributed by atoms with E-state index in [2.05, 4.69) is 20.9 Å². The van der Waals surface area contributed by atoms with Gasteiger partial charge in [0.1, 0.15) is 0 Å². The van der Waals surface area contributed by atoms with Gasteiger partial charge in [0.05, 0.1) is 18.9 Å². The third-order valence-corrected chi connectivity index (χ3v) is 5.81. The Kier molecular flexibility index (Phi) is 7.31. The summed E-state index contributed by atoms with van der Waals surface area (Å²) < 4.78 is 5.39. The average Bonchev–Trinajstić information content (AvgIpc) is 3.31. The summed E-state index contributed by atoms with van der Waals surface area (Å²) in [6.07, 6.45) is 0.180. The van der Waals surface area contributed by atoms with Crippen LogP contribution in [0.2, 0.25) is 0 Å². The minimum atomic E-state index is -0.340. The van der Waals surface area contributed by atoms with E-state index in [1.165, 1.54) is 0 Å². The molecule has 4 rings (SSSR count). The minimum Gasteiger partial charge on any atom is -0.378 e. The van der Waals surface area contributed by atoms with Gasteiger partial charge in [0.25, 0.3) is 0 Å². The summed E-state index contributed by atoms with van der Waals surface area (Å²) >= 11 is 1.63. The van der Waals surface area contributed by atoms with Gasteiger partial charge in [-0.05, 0) is 24.3 Å². The maximum atomic E-state index is 12.2. The van der Waals surface area contributed by atoms with Gasteiger partial charge in [0.15, 0.2) is 5.13 Å². The van der Waals surface area contributed by atoms with E-state index in [0.717, 1.165) is 42.7 Å². The van der Waals surface area contributed by atoms with E-state index >= 15 is 0 Å². The van der Waals surface area contributed by atoms with Crippen molar-refractivity contribution < 1.29 is 14.3 Å². The molecule has 1 aromatic heterocycles. The molecule has 0 atom stereocenters. The monoisotopic (exact) mass is 451 g/mol. The van der Waals surface area contributed by atoms with E-state index in [4.69, 9.17) is 9.72 Å². The molecule has 0 spiro atoms. The first-order valence-electron chi connectivity index (χ1n) is 10.5. The number of carbonyl (C=O) groups excluding carboxylic acids is 2. The number of nitrogens with one attached hydrogen (secondary N) is 3. The SMILES string of the molecule is O=C(CCNC(=O)Nc1ccccc1)Nc1ccc(-c2csc(N3CCOCC3)n2)cc1. The van der Waals surface area contributed by atoms with Crippen molar-refractivity contribution in [1.82, 2.24) is 10.3 Å². The first-order chi connectivity index (χ1) is 15.7. The fourth-order valence-corrected chi connectivity index (χ4v) is 4.12. The number of anilines is 3. The molecule has 1 saturated heterocycles. The van der Waals surface area contributed by atoms with Gasteiger partial charge in [-0.3, -0.25) is 4.79 Å². The van der Waals surface area contributed by atoms with Crippen LogP contribution in [0, 0.1) is 0 Å². The number of ether oxygens (including phenoxy) is 1. The fourth-order valence-electron chi connectivity index (χ4n) is 3.23. The minimum absolute atomic E-state index is 0.166. The van der Waals surface area contributed by atoms with E-state index in [1.807, 2.05) is 47.8 Å². The summed E-state index contributed by atoms with van der Waals surface area (Å²) in [6, 6.07) is 16.4. The molecule has 1 fully saturated rings. The molecule has 3 amide bonds. The molecule has 1 aliphatic heterocycles. The molecule has 0 aliphatic carbocycles. The first kappa shape index (κ1) is 21.8. The maximum Gasteiger partial charge on any atom is 0.319 e. The molecule has 0 unspecified atom stereocenters. The Balaban J connectivity index is 1.22. The lowest BCUT2D eigenvalue weighted by Crippen LogP contribution is -2.36. The number of aromatic nitrogens is 1. The van der Waals surface area contributed by atoms with Gasteiger partial charge in [-0.25, -0.2) is 9.78 Å². The molecule has 2 aromatic carbocycles. The van der Waals surface area contributed by atoms with Gasteiger partial charge in [-0.2, -0.15) is 0 Å². The van der Waals surface area contributed by atoms with Crippen molar-refractivity contribution in [2.75, 3.05) is 48.4 Å². The lowest BCUT2D eigenvalue weighted by atomic mass is 10.1. The van der Waals surface area contributed by atoms with Crippen LogP contribution in [-0.4, -0.2) is 49.8 Å². The van der Waals surface area contributed by atoms with Crippen LogP contribution in [0.1, 0.15) is 6.42 Å². The molecule has 9 heteroatoms. The van der Waals surface area contributed by atoms with Crippen molar-refractivity contribution >= 4 is 39.8 Å². The molecule has 2 heterocycles. The van der Waals surface area contributed by atoms with E-state index in [0.29, 0.717) is 11.4 Å². The summed E-state index contributed by atoms with van der Waals surface area (Å²) in [7, 11) is 0. The number of hydrogen-bond donors (Lipinski definition) is 3. The fraction of sp³-hybridized carbons (Fsp3) is 0.261. The van der Waals surface area contributed by atoms with Crippen LogP contribution < -0.4 is 20.9 Å². The third kappa shape index (κ3) is 6.05. The number of urea groups is 1. The topological polar surface area (TPSA) is 95.6 Å². The van der Waals surface area contributed by atoms with Gasteiger partial charge in [-0.15, -0.1) is 11.3 Å². The second-order valence-electron chi connectivity index (χ2n) is 7.24. The Hall–Kier alpha value is -3.43. The first-order valence-corrected chi connectivity index (χ1v) is 11.3.